The molecule has 0 bridgehead atoms. The SMILES string of the molecule is CCc1cccc2c1NCC2C(C)CN. The Morgan fingerprint density at radius 1 is 1.53 bits per heavy atom. The fourth-order valence-electron chi connectivity index (χ4n) is 2.43. The lowest BCUT2D eigenvalue weighted by Gasteiger charge is -2.17. The van der Waals surface area contributed by atoms with E-state index in [4.69, 9.17) is 5.73 Å². The summed E-state index contributed by atoms with van der Waals surface area (Å²) in [6.45, 7) is 6.25. The highest BCUT2D eigenvalue weighted by molar-refractivity contribution is 5.63. The Morgan fingerprint density at radius 3 is 3.00 bits per heavy atom. The van der Waals surface area contributed by atoms with Gasteiger partial charge in [0.1, 0.15) is 0 Å². The van der Waals surface area contributed by atoms with E-state index in [1.54, 1.807) is 0 Å². The van der Waals surface area contributed by atoms with Crippen molar-refractivity contribution in [1.29, 1.82) is 0 Å². The fourth-order valence-corrected chi connectivity index (χ4v) is 2.43. The first kappa shape index (κ1) is 10.5. The molecule has 2 nitrogen and oxygen atoms in total. The van der Waals surface area contributed by atoms with Crippen LogP contribution >= 0.6 is 0 Å². The molecule has 0 radical (unpaired) electrons. The number of rotatable bonds is 3. The van der Waals surface area contributed by atoms with Crippen LogP contribution in [0, 0.1) is 5.92 Å². The number of fused-ring (bicyclic) bond motifs is 1. The van der Waals surface area contributed by atoms with Crippen LogP contribution in [0.1, 0.15) is 30.9 Å². The molecule has 1 aromatic carbocycles. The number of aryl methyl sites for hydroxylation is 1. The second-order valence-corrected chi connectivity index (χ2v) is 4.44. The van der Waals surface area contributed by atoms with E-state index < -0.39 is 0 Å². The molecule has 1 heterocycles. The third-order valence-corrected chi connectivity index (χ3v) is 3.52. The molecule has 0 amide bonds. The monoisotopic (exact) mass is 204 g/mol. The summed E-state index contributed by atoms with van der Waals surface area (Å²) in [5.74, 6) is 1.15. The Hall–Kier alpha value is -1.02. The molecule has 0 saturated carbocycles. The summed E-state index contributed by atoms with van der Waals surface area (Å²) in [6, 6.07) is 6.62. The van der Waals surface area contributed by atoms with E-state index in [0.717, 1.165) is 19.5 Å². The average Bonchev–Trinajstić information content (AvgIpc) is 2.71. The molecule has 1 aromatic rings. The molecular formula is C13H20N2. The predicted molar refractivity (Wildman–Crippen MR) is 65.3 cm³/mol. The summed E-state index contributed by atoms with van der Waals surface area (Å²) >= 11 is 0. The van der Waals surface area contributed by atoms with Gasteiger partial charge in [-0.1, -0.05) is 32.0 Å². The summed E-state index contributed by atoms with van der Waals surface area (Å²) in [4.78, 5) is 0. The van der Waals surface area contributed by atoms with Gasteiger partial charge in [0, 0.05) is 18.2 Å². The van der Waals surface area contributed by atoms with Crippen molar-refractivity contribution in [1.82, 2.24) is 0 Å². The minimum atomic E-state index is 0.561. The van der Waals surface area contributed by atoms with Gasteiger partial charge in [-0.05, 0) is 30.0 Å². The highest BCUT2D eigenvalue weighted by atomic mass is 14.9. The topological polar surface area (TPSA) is 38.0 Å². The zero-order chi connectivity index (χ0) is 10.8. The largest absolute Gasteiger partial charge is 0.384 e. The summed E-state index contributed by atoms with van der Waals surface area (Å²) in [6.07, 6.45) is 1.10. The van der Waals surface area contributed by atoms with Crippen LogP contribution < -0.4 is 11.1 Å². The van der Waals surface area contributed by atoms with Crippen molar-refractivity contribution in [3.8, 4) is 0 Å². The van der Waals surface area contributed by atoms with Crippen molar-refractivity contribution in [3.63, 3.8) is 0 Å². The lowest BCUT2D eigenvalue weighted by atomic mass is 9.88. The quantitative estimate of drug-likeness (QED) is 0.793. The first-order valence-electron chi connectivity index (χ1n) is 5.83. The smallest absolute Gasteiger partial charge is 0.0409 e. The zero-order valence-corrected chi connectivity index (χ0v) is 9.59. The van der Waals surface area contributed by atoms with Gasteiger partial charge < -0.3 is 11.1 Å². The van der Waals surface area contributed by atoms with Gasteiger partial charge in [-0.15, -0.1) is 0 Å². The van der Waals surface area contributed by atoms with Gasteiger partial charge in [0.05, 0.1) is 0 Å². The summed E-state index contributed by atoms with van der Waals surface area (Å²) in [5.41, 5.74) is 10.0. The maximum atomic E-state index is 5.75. The maximum Gasteiger partial charge on any atom is 0.0409 e. The summed E-state index contributed by atoms with van der Waals surface area (Å²) in [5, 5.41) is 3.53. The van der Waals surface area contributed by atoms with Crippen LogP contribution in [-0.4, -0.2) is 13.1 Å². The van der Waals surface area contributed by atoms with Crippen LogP contribution in [-0.2, 0) is 6.42 Å². The lowest BCUT2D eigenvalue weighted by Crippen LogP contribution is -2.20. The summed E-state index contributed by atoms with van der Waals surface area (Å²) in [7, 11) is 0. The van der Waals surface area contributed by atoms with Gasteiger partial charge in [0.2, 0.25) is 0 Å². The molecule has 0 spiro atoms. The Bertz CT molecular complexity index is 346. The van der Waals surface area contributed by atoms with Crippen molar-refractivity contribution >= 4 is 5.69 Å². The molecule has 0 fully saturated rings. The molecule has 0 saturated heterocycles. The molecule has 2 atom stereocenters. The van der Waals surface area contributed by atoms with Crippen LogP contribution in [0.15, 0.2) is 18.2 Å². The van der Waals surface area contributed by atoms with Gasteiger partial charge in [-0.2, -0.15) is 0 Å². The average molecular weight is 204 g/mol. The third-order valence-electron chi connectivity index (χ3n) is 3.52. The standard InChI is InChI=1S/C13H20N2/c1-3-10-5-4-6-11-12(9(2)7-14)8-15-13(10)11/h4-6,9,12,15H,3,7-8,14H2,1-2H3. The minimum absolute atomic E-state index is 0.561. The molecule has 2 heteroatoms. The molecule has 15 heavy (non-hydrogen) atoms. The van der Waals surface area contributed by atoms with Crippen molar-refractivity contribution in [2.24, 2.45) is 11.7 Å². The van der Waals surface area contributed by atoms with Crippen LogP contribution in [0.3, 0.4) is 0 Å². The zero-order valence-electron chi connectivity index (χ0n) is 9.59. The number of hydrogen-bond donors (Lipinski definition) is 2. The number of nitrogens with one attached hydrogen (secondary N) is 1. The first-order chi connectivity index (χ1) is 7.27. The molecule has 1 aliphatic heterocycles. The molecule has 1 aliphatic rings. The fraction of sp³-hybridized carbons (Fsp3) is 0.538. The second kappa shape index (κ2) is 4.23. The van der Waals surface area contributed by atoms with E-state index in [-0.39, 0.29) is 0 Å². The van der Waals surface area contributed by atoms with Crippen molar-refractivity contribution < 1.29 is 0 Å². The van der Waals surface area contributed by atoms with Crippen LogP contribution in [0.2, 0.25) is 0 Å². The molecule has 2 rings (SSSR count). The highest BCUT2D eigenvalue weighted by Crippen LogP contribution is 2.38. The van der Waals surface area contributed by atoms with Crippen LogP contribution in [0.25, 0.3) is 0 Å². The first-order valence-corrected chi connectivity index (χ1v) is 5.83. The third kappa shape index (κ3) is 1.74. The van der Waals surface area contributed by atoms with Crippen molar-refractivity contribution in [2.75, 3.05) is 18.4 Å². The normalized spacial score (nSPS) is 20.9. The number of para-hydroxylation sites is 1. The van der Waals surface area contributed by atoms with E-state index in [2.05, 4.69) is 37.4 Å². The molecule has 0 aromatic heterocycles. The minimum Gasteiger partial charge on any atom is -0.384 e. The molecule has 82 valence electrons. The predicted octanol–water partition coefficient (Wildman–Crippen LogP) is 2.35. The number of anilines is 1. The number of nitrogens with two attached hydrogens (primary N) is 1. The highest BCUT2D eigenvalue weighted by Gasteiger charge is 2.27. The number of hydrogen-bond acceptors (Lipinski definition) is 2. The molecular weight excluding hydrogens is 184 g/mol. The van der Waals surface area contributed by atoms with E-state index in [0.29, 0.717) is 11.8 Å². The van der Waals surface area contributed by atoms with Gasteiger partial charge in [-0.3, -0.25) is 0 Å². The van der Waals surface area contributed by atoms with Gasteiger partial charge in [0.25, 0.3) is 0 Å². The van der Waals surface area contributed by atoms with E-state index in [9.17, 15) is 0 Å². The summed E-state index contributed by atoms with van der Waals surface area (Å²) < 4.78 is 0. The molecule has 0 aliphatic carbocycles. The van der Waals surface area contributed by atoms with Gasteiger partial charge in [0.15, 0.2) is 0 Å². The Kier molecular flexibility index (Phi) is 2.96. The van der Waals surface area contributed by atoms with Gasteiger partial charge >= 0.3 is 0 Å². The van der Waals surface area contributed by atoms with E-state index >= 15 is 0 Å². The van der Waals surface area contributed by atoms with Crippen molar-refractivity contribution in [2.45, 2.75) is 26.2 Å². The van der Waals surface area contributed by atoms with Crippen LogP contribution in [0.5, 0.6) is 0 Å². The van der Waals surface area contributed by atoms with Crippen LogP contribution in [0.4, 0.5) is 5.69 Å². The lowest BCUT2D eigenvalue weighted by molar-refractivity contribution is 0.498. The second-order valence-electron chi connectivity index (χ2n) is 4.44. The number of benzene rings is 1. The van der Waals surface area contributed by atoms with E-state index in [1.165, 1.54) is 16.8 Å². The molecule has 2 unspecified atom stereocenters. The maximum absolute atomic E-state index is 5.75. The Balaban J connectivity index is 2.35. The molecule has 3 N–H and O–H groups in total. The Morgan fingerprint density at radius 2 is 2.33 bits per heavy atom. The van der Waals surface area contributed by atoms with E-state index in [1.807, 2.05) is 0 Å². The Labute approximate surface area is 91.9 Å². The van der Waals surface area contributed by atoms with Gasteiger partial charge in [-0.25, -0.2) is 0 Å². The van der Waals surface area contributed by atoms with Crippen molar-refractivity contribution in [3.05, 3.63) is 29.3 Å².